The Bertz CT molecular complexity index is 678. The van der Waals surface area contributed by atoms with Crippen molar-refractivity contribution in [1.29, 1.82) is 0 Å². The predicted molar refractivity (Wildman–Crippen MR) is 109 cm³/mol. The first kappa shape index (κ1) is 18.8. The summed E-state index contributed by atoms with van der Waals surface area (Å²) in [7, 11) is 0. The zero-order valence-corrected chi connectivity index (χ0v) is 16.3. The standard InChI is InChI=1S/C22H33N3O2/c1-2-3-14-25(19-12-10-15-6-4-8-17(26)21(15)23-19)20-13-11-16-7-5-9-18(27)22(16)24-20/h4,6,8,10,12,16,18-20,22-24,26-27H,2-3,5,7,9,11,13-14H2,1H3. The van der Waals surface area contributed by atoms with Gasteiger partial charge in [-0.05, 0) is 50.2 Å². The normalized spacial score (nSPS) is 32.6. The molecule has 5 heteroatoms. The molecule has 1 saturated heterocycles. The summed E-state index contributed by atoms with van der Waals surface area (Å²) >= 11 is 0. The van der Waals surface area contributed by atoms with Gasteiger partial charge in [0.05, 0.1) is 18.0 Å². The molecule has 2 heterocycles. The Morgan fingerprint density at radius 3 is 2.93 bits per heavy atom. The second-order valence-electron chi connectivity index (χ2n) is 8.32. The van der Waals surface area contributed by atoms with Crippen LogP contribution in [0.2, 0.25) is 0 Å². The summed E-state index contributed by atoms with van der Waals surface area (Å²) < 4.78 is 0. The summed E-state index contributed by atoms with van der Waals surface area (Å²) in [5.74, 6) is 0.911. The lowest BCUT2D eigenvalue weighted by Gasteiger charge is -2.48. The number of piperidine rings is 1. The van der Waals surface area contributed by atoms with Crippen molar-refractivity contribution >= 4 is 11.8 Å². The zero-order valence-electron chi connectivity index (χ0n) is 16.3. The van der Waals surface area contributed by atoms with Gasteiger partial charge in [-0.1, -0.05) is 38.0 Å². The number of aromatic hydroxyl groups is 1. The van der Waals surface area contributed by atoms with Gasteiger partial charge in [-0.15, -0.1) is 0 Å². The number of hydrogen-bond acceptors (Lipinski definition) is 5. The molecule has 5 unspecified atom stereocenters. The monoisotopic (exact) mass is 371 g/mol. The minimum atomic E-state index is -0.223. The molecular weight excluding hydrogens is 338 g/mol. The fourth-order valence-electron chi connectivity index (χ4n) is 5.04. The van der Waals surface area contributed by atoms with Crippen molar-refractivity contribution in [2.45, 2.75) is 76.3 Å². The van der Waals surface area contributed by atoms with Crippen molar-refractivity contribution in [3.05, 3.63) is 29.8 Å². The van der Waals surface area contributed by atoms with Crippen molar-refractivity contribution in [3.8, 4) is 5.75 Å². The van der Waals surface area contributed by atoms with Crippen LogP contribution < -0.4 is 10.6 Å². The van der Waals surface area contributed by atoms with Crippen LogP contribution in [0.4, 0.5) is 5.69 Å². The highest BCUT2D eigenvalue weighted by atomic mass is 16.3. The van der Waals surface area contributed by atoms with Crippen LogP contribution in [0.1, 0.15) is 57.4 Å². The van der Waals surface area contributed by atoms with Gasteiger partial charge in [0.1, 0.15) is 11.9 Å². The minimum Gasteiger partial charge on any atom is -0.506 e. The van der Waals surface area contributed by atoms with E-state index in [2.05, 4.69) is 34.6 Å². The van der Waals surface area contributed by atoms with Crippen LogP contribution in [0, 0.1) is 5.92 Å². The van der Waals surface area contributed by atoms with Crippen LogP contribution >= 0.6 is 0 Å². The summed E-state index contributed by atoms with van der Waals surface area (Å²) in [6.45, 7) is 3.21. The van der Waals surface area contributed by atoms with Crippen LogP contribution in [0.15, 0.2) is 24.3 Å². The number of hydrogen-bond donors (Lipinski definition) is 4. The Morgan fingerprint density at radius 1 is 1.19 bits per heavy atom. The second-order valence-corrected chi connectivity index (χ2v) is 8.32. The van der Waals surface area contributed by atoms with Gasteiger partial charge in [-0.3, -0.25) is 10.2 Å². The average Bonchev–Trinajstić information content (AvgIpc) is 2.69. The molecule has 1 aliphatic carbocycles. The number of aliphatic hydroxyl groups excluding tert-OH is 1. The molecule has 1 aromatic rings. The lowest BCUT2D eigenvalue weighted by Crippen LogP contribution is -2.62. The van der Waals surface area contributed by atoms with Gasteiger partial charge >= 0.3 is 0 Å². The Morgan fingerprint density at radius 2 is 2.07 bits per heavy atom. The smallest absolute Gasteiger partial charge is 0.139 e. The highest BCUT2D eigenvalue weighted by Crippen LogP contribution is 2.36. The van der Waals surface area contributed by atoms with E-state index in [0.29, 0.717) is 11.7 Å². The quantitative estimate of drug-likeness (QED) is 0.597. The molecule has 0 aromatic heterocycles. The Hall–Kier alpha value is -1.56. The van der Waals surface area contributed by atoms with Crippen molar-refractivity contribution in [1.82, 2.24) is 10.2 Å². The van der Waals surface area contributed by atoms with E-state index in [1.807, 2.05) is 12.1 Å². The van der Waals surface area contributed by atoms with E-state index >= 15 is 0 Å². The van der Waals surface area contributed by atoms with E-state index in [4.69, 9.17) is 0 Å². The Kier molecular flexibility index (Phi) is 5.71. The van der Waals surface area contributed by atoms with E-state index in [0.717, 1.165) is 49.9 Å². The fraction of sp³-hybridized carbons (Fsp3) is 0.636. The van der Waals surface area contributed by atoms with Gasteiger partial charge in [0.2, 0.25) is 0 Å². The largest absolute Gasteiger partial charge is 0.506 e. The van der Waals surface area contributed by atoms with E-state index in [9.17, 15) is 10.2 Å². The molecule has 3 aliphatic rings. The molecule has 1 aromatic carbocycles. The molecule has 2 aliphatic heterocycles. The van der Waals surface area contributed by atoms with Crippen molar-refractivity contribution in [3.63, 3.8) is 0 Å². The SMILES string of the molecule is CCCCN(C1C=Cc2cccc(O)c2N1)C1CCC2CCCC(O)C2N1. The maximum atomic E-state index is 10.5. The van der Waals surface area contributed by atoms with Gasteiger partial charge in [-0.2, -0.15) is 0 Å². The van der Waals surface area contributed by atoms with Gasteiger partial charge < -0.3 is 15.5 Å². The number of phenolic OH excluding ortho intramolecular Hbond substituents is 1. The number of phenols is 1. The van der Waals surface area contributed by atoms with Crippen LogP contribution in [0.25, 0.3) is 6.08 Å². The number of unbranched alkanes of at least 4 members (excludes halogenated alkanes) is 1. The molecule has 1 saturated carbocycles. The number of para-hydroxylation sites is 1. The maximum Gasteiger partial charge on any atom is 0.139 e. The van der Waals surface area contributed by atoms with E-state index in [-0.39, 0.29) is 24.5 Å². The Labute approximate surface area is 162 Å². The summed E-state index contributed by atoms with van der Waals surface area (Å²) in [5, 5.41) is 28.1. The number of benzene rings is 1. The van der Waals surface area contributed by atoms with Crippen LogP contribution in [0.3, 0.4) is 0 Å². The van der Waals surface area contributed by atoms with Crippen LogP contribution in [-0.2, 0) is 0 Å². The highest BCUT2D eigenvalue weighted by molar-refractivity contribution is 5.75. The Balaban J connectivity index is 1.53. The van der Waals surface area contributed by atoms with Gasteiger partial charge in [0.25, 0.3) is 0 Å². The molecule has 0 radical (unpaired) electrons. The molecule has 27 heavy (non-hydrogen) atoms. The third kappa shape index (κ3) is 3.86. The molecule has 5 atom stereocenters. The summed E-state index contributed by atoms with van der Waals surface area (Å²) in [5.41, 5.74) is 1.85. The molecule has 0 amide bonds. The molecular formula is C22H33N3O2. The number of fused-ring (bicyclic) bond motifs is 2. The third-order valence-corrected chi connectivity index (χ3v) is 6.55. The molecule has 4 rings (SSSR count). The molecule has 2 fully saturated rings. The first-order valence-corrected chi connectivity index (χ1v) is 10.6. The topological polar surface area (TPSA) is 67.8 Å². The molecule has 5 nitrogen and oxygen atoms in total. The second kappa shape index (κ2) is 8.21. The number of anilines is 1. The van der Waals surface area contributed by atoms with E-state index < -0.39 is 0 Å². The van der Waals surface area contributed by atoms with Crippen molar-refractivity contribution in [2.24, 2.45) is 5.92 Å². The lowest BCUT2D eigenvalue weighted by molar-refractivity contribution is -0.00585. The van der Waals surface area contributed by atoms with Gasteiger partial charge in [0, 0.05) is 18.2 Å². The molecule has 4 N–H and O–H groups in total. The van der Waals surface area contributed by atoms with E-state index in [1.54, 1.807) is 6.07 Å². The minimum absolute atomic E-state index is 0.0483. The zero-order chi connectivity index (χ0) is 18.8. The van der Waals surface area contributed by atoms with Crippen LogP contribution in [-0.4, -0.2) is 46.1 Å². The number of nitrogens with zero attached hydrogens (tertiary/aromatic N) is 1. The molecule has 148 valence electrons. The van der Waals surface area contributed by atoms with E-state index in [1.165, 1.54) is 12.8 Å². The predicted octanol–water partition coefficient (Wildman–Crippen LogP) is 3.50. The summed E-state index contributed by atoms with van der Waals surface area (Å²) in [4.78, 5) is 2.48. The number of rotatable bonds is 5. The van der Waals surface area contributed by atoms with Crippen molar-refractivity contribution in [2.75, 3.05) is 11.9 Å². The number of nitrogens with one attached hydrogen (secondary N) is 2. The highest BCUT2D eigenvalue weighted by Gasteiger charge is 2.39. The summed E-state index contributed by atoms with van der Waals surface area (Å²) in [6, 6.07) is 5.85. The molecule has 0 spiro atoms. The van der Waals surface area contributed by atoms with Crippen LogP contribution in [0.5, 0.6) is 5.75 Å². The first-order valence-electron chi connectivity index (χ1n) is 10.6. The van der Waals surface area contributed by atoms with Gasteiger partial charge in [-0.25, -0.2) is 0 Å². The number of aliphatic hydroxyl groups is 1. The summed E-state index contributed by atoms with van der Waals surface area (Å²) in [6.07, 6.45) is 12.3. The fourth-order valence-corrected chi connectivity index (χ4v) is 5.04. The third-order valence-electron chi connectivity index (χ3n) is 6.55. The van der Waals surface area contributed by atoms with Crippen molar-refractivity contribution < 1.29 is 10.2 Å². The molecule has 0 bridgehead atoms. The average molecular weight is 372 g/mol. The van der Waals surface area contributed by atoms with Gasteiger partial charge in [0.15, 0.2) is 0 Å². The lowest BCUT2D eigenvalue weighted by atomic mass is 9.77. The maximum absolute atomic E-state index is 10.5. The first-order chi connectivity index (χ1) is 13.2.